The Bertz CT molecular complexity index is 618. The van der Waals surface area contributed by atoms with Crippen molar-refractivity contribution in [3.05, 3.63) is 11.8 Å². The first kappa shape index (κ1) is 15.1. The molecule has 3 rings (SSSR count). The van der Waals surface area contributed by atoms with Gasteiger partial charge in [-0.1, -0.05) is 13.8 Å². The summed E-state index contributed by atoms with van der Waals surface area (Å²) in [5.41, 5.74) is 0.303. The van der Waals surface area contributed by atoms with Crippen molar-refractivity contribution < 1.29 is 9.59 Å². The maximum atomic E-state index is 12.7. The summed E-state index contributed by atoms with van der Waals surface area (Å²) in [5, 5.41) is 7.40. The molecule has 2 heterocycles. The van der Waals surface area contributed by atoms with E-state index < -0.39 is 5.54 Å². The summed E-state index contributed by atoms with van der Waals surface area (Å²) in [4.78, 5) is 26.5. The number of hydrogen-bond donors (Lipinski definition) is 1. The fourth-order valence-corrected chi connectivity index (χ4v) is 2.90. The molecule has 120 valence electrons. The fraction of sp³-hybridized carbons (Fsp3) is 0.688. The highest BCUT2D eigenvalue weighted by molar-refractivity contribution is 6.01. The molecule has 1 unspecified atom stereocenters. The summed E-state index contributed by atoms with van der Waals surface area (Å²) >= 11 is 0. The molecule has 1 atom stereocenters. The Morgan fingerprint density at radius 1 is 1.41 bits per heavy atom. The van der Waals surface area contributed by atoms with Crippen LogP contribution in [0.1, 0.15) is 51.6 Å². The van der Waals surface area contributed by atoms with Gasteiger partial charge in [-0.3, -0.25) is 14.3 Å². The Hall–Kier alpha value is -1.85. The summed E-state index contributed by atoms with van der Waals surface area (Å²) in [7, 11) is 1.83. The third kappa shape index (κ3) is 2.40. The molecule has 0 spiro atoms. The number of likely N-dealkylation sites (tertiary alicyclic amines) is 1. The second-order valence-corrected chi connectivity index (χ2v) is 6.97. The molecule has 2 amide bonds. The number of anilines is 1. The second-order valence-electron chi connectivity index (χ2n) is 6.97. The van der Waals surface area contributed by atoms with E-state index in [0.29, 0.717) is 24.7 Å². The highest BCUT2D eigenvalue weighted by atomic mass is 16.2. The summed E-state index contributed by atoms with van der Waals surface area (Å²) in [6, 6.07) is 1.95. The number of aryl methyl sites for hydroxylation is 1. The number of aromatic nitrogens is 2. The van der Waals surface area contributed by atoms with Gasteiger partial charge >= 0.3 is 0 Å². The fourth-order valence-electron chi connectivity index (χ4n) is 2.90. The van der Waals surface area contributed by atoms with Crippen molar-refractivity contribution in [1.82, 2.24) is 14.7 Å². The molecule has 1 aromatic heterocycles. The van der Waals surface area contributed by atoms with Gasteiger partial charge in [-0.25, -0.2) is 0 Å². The highest BCUT2D eigenvalue weighted by Gasteiger charge is 2.49. The van der Waals surface area contributed by atoms with Crippen LogP contribution in [0.15, 0.2) is 6.07 Å². The molecule has 2 aliphatic rings. The monoisotopic (exact) mass is 304 g/mol. The number of nitrogens with one attached hydrogen (secondary N) is 1. The van der Waals surface area contributed by atoms with E-state index >= 15 is 0 Å². The molecule has 1 saturated heterocycles. The SMILES string of the molecule is CC(C)C(=O)N1CCC1(C)C(=O)Nc1cc(C2CC2)nn1C. The number of hydrogen-bond acceptors (Lipinski definition) is 3. The van der Waals surface area contributed by atoms with Gasteiger partial charge in [-0.05, 0) is 26.2 Å². The van der Waals surface area contributed by atoms with Gasteiger partial charge in [0, 0.05) is 31.5 Å². The molecule has 0 radical (unpaired) electrons. The number of rotatable bonds is 4. The van der Waals surface area contributed by atoms with E-state index in [1.54, 1.807) is 9.58 Å². The second kappa shape index (κ2) is 5.11. The van der Waals surface area contributed by atoms with Crippen molar-refractivity contribution in [1.29, 1.82) is 0 Å². The third-order valence-corrected chi connectivity index (χ3v) is 4.80. The lowest BCUT2D eigenvalue weighted by molar-refractivity contribution is -0.157. The summed E-state index contributed by atoms with van der Waals surface area (Å²) in [5.74, 6) is 1.07. The number of amides is 2. The normalized spacial score (nSPS) is 24.3. The van der Waals surface area contributed by atoms with E-state index in [-0.39, 0.29) is 17.7 Å². The lowest BCUT2D eigenvalue weighted by Gasteiger charge is -2.49. The minimum absolute atomic E-state index is 0.0348. The molecule has 22 heavy (non-hydrogen) atoms. The van der Waals surface area contributed by atoms with Crippen LogP contribution in [0, 0.1) is 5.92 Å². The predicted octanol–water partition coefficient (Wildman–Crippen LogP) is 1.88. The topological polar surface area (TPSA) is 67.2 Å². The molecule has 0 aromatic carbocycles. The molecule has 6 nitrogen and oxygen atoms in total. The molecule has 2 fully saturated rings. The number of nitrogens with zero attached hydrogens (tertiary/aromatic N) is 3. The summed E-state index contributed by atoms with van der Waals surface area (Å²) in [6.07, 6.45) is 3.06. The molecular formula is C16H24N4O2. The van der Waals surface area contributed by atoms with E-state index in [1.165, 1.54) is 12.8 Å². The molecule has 1 N–H and O–H groups in total. The van der Waals surface area contributed by atoms with Crippen LogP contribution in [-0.2, 0) is 16.6 Å². The minimum atomic E-state index is -0.745. The van der Waals surface area contributed by atoms with Crippen molar-refractivity contribution in [2.24, 2.45) is 13.0 Å². The van der Waals surface area contributed by atoms with Crippen LogP contribution < -0.4 is 5.32 Å². The van der Waals surface area contributed by atoms with Crippen LogP contribution >= 0.6 is 0 Å². The number of carbonyl (C=O) groups is 2. The number of carbonyl (C=O) groups excluding carboxylic acids is 2. The van der Waals surface area contributed by atoms with Crippen LogP contribution in [0.2, 0.25) is 0 Å². The highest BCUT2D eigenvalue weighted by Crippen LogP contribution is 2.40. The first-order chi connectivity index (χ1) is 10.3. The maximum Gasteiger partial charge on any atom is 0.251 e. The van der Waals surface area contributed by atoms with Gasteiger partial charge in [0.25, 0.3) is 5.91 Å². The van der Waals surface area contributed by atoms with Gasteiger partial charge < -0.3 is 10.2 Å². The van der Waals surface area contributed by atoms with Crippen LogP contribution in [-0.4, -0.2) is 38.6 Å². The maximum absolute atomic E-state index is 12.7. The van der Waals surface area contributed by atoms with Gasteiger partial charge in [0.2, 0.25) is 5.91 Å². The minimum Gasteiger partial charge on any atom is -0.328 e. The summed E-state index contributed by atoms with van der Waals surface area (Å²) < 4.78 is 1.71. The van der Waals surface area contributed by atoms with E-state index in [1.807, 2.05) is 33.9 Å². The van der Waals surface area contributed by atoms with Gasteiger partial charge in [0.15, 0.2) is 0 Å². The smallest absolute Gasteiger partial charge is 0.251 e. The van der Waals surface area contributed by atoms with E-state index in [4.69, 9.17) is 0 Å². The zero-order chi connectivity index (χ0) is 16.1. The van der Waals surface area contributed by atoms with Gasteiger partial charge in [-0.15, -0.1) is 0 Å². The standard InChI is InChI=1S/C16H24N4O2/c1-10(2)14(21)20-8-7-16(20,3)15(22)17-13-9-12(11-5-6-11)18-19(13)4/h9-11H,5-8H2,1-4H3,(H,17,22). The lowest BCUT2D eigenvalue weighted by atomic mass is 9.84. The van der Waals surface area contributed by atoms with Gasteiger partial charge in [0.05, 0.1) is 5.69 Å². The van der Waals surface area contributed by atoms with Crippen molar-refractivity contribution >= 4 is 17.6 Å². The molecule has 6 heteroatoms. The molecule has 1 saturated carbocycles. The first-order valence-corrected chi connectivity index (χ1v) is 8.00. The largest absolute Gasteiger partial charge is 0.328 e. The average Bonchev–Trinajstić information content (AvgIpc) is 3.22. The van der Waals surface area contributed by atoms with Crippen molar-refractivity contribution in [2.75, 3.05) is 11.9 Å². The summed E-state index contributed by atoms with van der Waals surface area (Å²) in [6.45, 7) is 6.22. The van der Waals surface area contributed by atoms with E-state index in [2.05, 4.69) is 10.4 Å². The molecule has 0 bridgehead atoms. The van der Waals surface area contributed by atoms with Crippen molar-refractivity contribution in [3.8, 4) is 0 Å². The predicted molar refractivity (Wildman–Crippen MR) is 83.4 cm³/mol. The average molecular weight is 304 g/mol. The Morgan fingerprint density at radius 3 is 2.59 bits per heavy atom. The Kier molecular flexibility index (Phi) is 3.50. The van der Waals surface area contributed by atoms with Crippen LogP contribution in [0.5, 0.6) is 0 Å². The van der Waals surface area contributed by atoms with E-state index in [0.717, 1.165) is 5.69 Å². The Balaban J connectivity index is 1.72. The van der Waals surface area contributed by atoms with Crippen molar-refractivity contribution in [2.45, 2.75) is 51.5 Å². The van der Waals surface area contributed by atoms with Crippen molar-refractivity contribution in [3.63, 3.8) is 0 Å². The zero-order valence-electron chi connectivity index (χ0n) is 13.7. The molecule has 1 aromatic rings. The third-order valence-electron chi connectivity index (χ3n) is 4.80. The first-order valence-electron chi connectivity index (χ1n) is 8.00. The van der Waals surface area contributed by atoms with Crippen LogP contribution in [0.25, 0.3) is 0 Å². The molecular weight excluding hydrogens is 280 g/mol. The van der Waals surface area contributed by atoms with Gasteiger partial charge in [0.1, 0.15) is 11.4 Å². The Morgan fingerprint density at radius 2 is 2.09 bits per heavy atom. The molecule has 1 aliphatic carbocycles. The quantitative estimate of drug-likeness (QED) is 0.923. The molecule has 1 aliphatic heterocycles. The van der Waals surface area contributed by atoms with Gasteiger partial charge in [-0.2, -0.15) is 5.10 Å². The Labute approximate surface area is 130 Å². The van der Waals surface area contributed by atoms with E-state index in [9.17, 15) is 9.59 Å². The zero-order valence-corrected chi connectivity index (χ0v) is 13.7. The van der Waals surface area contributed by atoms with Crippen LogP contribution in [0.3, 0.4) is 0 Å². The van der Waals surface area contributed by atoms with Crippen LogP contribution in [0.4, 0.5) is 5.82 Å². The lowest BCUT2D eigenvalue weighted by Crippen LogP contribution is -2.66.